The number of aromatic amines is 1. The van der Waals surface area contributed by atoms with Crippen LogP contribution < -0.4 is 0 Å². The number of piperidine rings is 1. The van der Waals surface area contributed by atoms with E-state index < -0.39 is 5.92 Å². The second-order valence-corrected chi connectivity index (χ2v) is 8.57. The minimum absolute atomic E-state index is 0.0514. The topological polar surface area (TPSA) is 69.3 Å². The number of rotatable bonds is 2. The Morgan fingerprint density at radius 3 is 2.57 bits per heavy atom. The number of H-pyrrole nitrogens is 1. The largest absolute Gasteiger partial charge is 0.337 e. The first kappa shape index (κ1) is 17.8. The number of hydrogen-bond donors (Lipinski definition) is 1. The van der Waals surface area contributed by atoms with Crippen LogP contribution in [-0.4, -0.2) is 57.4 Å². The van der Waals surface area contributed by atoms with E-state index in [1.54, 1.807) is 0 Å². The highest BCUT2D eigenvalue weighted by molar-refractivity contribution is 5.94. The molecule has 4 aliphatic rings. The van der Waals surface area contributed by atoms with Gasteiger partial charge in [-0.1, -0.05) is 12.2 Å². The lowest BCUT2D eigenvalue weighted by Crippen LogP contribution is -2.43. The van der Waals surface area contributed by atoms with Crippen molar-refractivity contribution in [1.29, 1.82) is 0 Å². The Bertz CT molecular complexity index is 839. The molecule has 8 heteroatoms. The minimum atomic E-state index is -2.68. The summed E-state index contributed by atoms with van der Waals surface area (Å²) in [5, 5.41) is 7.10. The van der Waals surface area contributed by atoms with Crippen molar-refractivity contribution < 1.29 is 18.4 Å². The molecule has 1 aromatic heterocycles. The molecule has 1 N–H and O–H groups in total. The zero-order valence-electron chi connectivity index (χ0n) is 15.7. The molecule has 1 aromatic rings. The number of nitrogens with zero attached hydrogens (tertiary/aromatic N) is 3. The minimum Gasteiger partial charge on any atom is -0.337 e. The van der Waals surface area contributed by atoms with Crippen LogP contribution >= 0.6 is 0 Å². The van der Waals surface area contributed by atoms with Gasteiger partial charge in [-0.15, -0.1) is 0 Å². The van der Waals surface area contributed by atoms with Crippen LogP contribution in [0.2, 0.25) is 0 Å². The number of amides is 2. The average Bonchev–Trinajstić information content (AvgIpc) is 3.41. The van der Waals surface area contributed by atoms with Crippen LogP contribution in [-0.2, 0) is 17.8 Å². The highest BCUT2D eigenvalue weighted by Crippen LogP contribution is 2.44. The zero-order chi connectivity index (χ0) is 19.5. The number of aromatic nitrogens is 2. The smallest absolute Gasteiger partial charge is 0.274 e. The third-order valence-corrected chi connectivity index (χ3v) is 6.83. The molecule has 0 unspecified atom stereocenters. The molecule has 5 rings (SSSR count). The summed E-state index contributed by atoms with van der Waals surface area (Å²) in [4.78, 5) is 29.1. The SMILES string of the molecule is O=C(c1n[nH]c2c1CCN(C(=O)[C@H]1C[C@@H]3C=C[C@H]1C3)C2)N1CCC(F)(F)CC1. The third kappa shape index (κ3) is 2.93. The molecule has 0 radical (unpaired) electrons. The van der Waals surface area contributed by atoms with Crippen LogP contribution in [0.1, 0.15) is 47.4 Å². The van der Waals surface area contributed by atoms with Crippen molar-refractivity contribution >= 4 is 11.8 Å². The Balaban J connectivity index is 1.27. The van der Waals surface area contributed by atoms with Gasteiger partial charge in [-0.2, -0.15) is 5.10 Å². The van der Waals surface area contributed by atoms with Gasteiger partial charge in [0.2, 0.25) is 5.91 Å². The second-order valence-electron chi connectivity index (χ2n) is 8.57. The summed E-state index contributed by atoms with van der Waals surface area (Å²) in [5.41, 5.74) is 1.96. The number of allylic oxidation sites excluding steroid dienone is 2. The van der Waals surface area contributed by atoms with E-state index in [9.17, 15) is 18.4 Å². The lowest BCUT2D eigenvalue weighted by molar-refractivity contribution is -0.137. The molecule has 6 nitrogen and oxygen atoms in total. The van der Waals surface area contributed by atoms with E-state index in [0.717, 1.165) is 24.1 Å². The van der Waals surface area contributed by atoms with Gasteiger partial charge in [-0.25, -0.2) is 8.78 Å². The molecule has 28 heavy (non-hydrogen) atoms. The summed E-state index contributed by atoms with van der Waals surface area (Å²) in [7, 11) is 0. The Labute approximate surface area is 161 Å². The van der Waals surface area contributed by atoms with Gasteiger partial charge in [-0.3, -0.25) is 14.7 Å². The number of carbonyl (C=O) groups excluding carboxylic acids is 2. The van der Waals surface area contributed by atoms with Gasteiger partial charge in [0.05, 0.1) is 12.2 Å². The van der Waals surface area contributed by atoms with Crippen molar-refractivity contribution in [1.82, 2.24) is 20.0 Å². The molecule has 3 atom stereocenters. The van der Waals surface area contributed by atoms with Gasteiger partial charge in [0.1, 0.15) is 0 Å². The number of likely N-dealkylation sites (tertiary alicyclic amines) is 1. The molecule has 3 heterocycles. The van der Waals surface area contributed by atoms with Crippen LogP contribution in [0.4, 0.5) is 8.78 Å². The van der Waals surface area contributed by atoms with Crippen molar-refractivity contribution in [3.8, 4) is 0 Å². The Kier molecular flexibility index (Phi) is 4.07. The number of halogens is 2. The quantitative estimate of drug-likeness (QED) is 0.789. The molecule has 1 saturated heterocycles. The highest BCUT2D eigenvalue weighted by Gasteiger charge is 2.42. The van der Waals surface area contributed by atoms with Gasteiger partial charge in [0, 0.05) is 44.0 Å². The average molecular weight is 390 g/mol. The summed E-state index contributed by atoms with van der Waals surface area (Å²) >= 11 is 0. The fourth-order valence-electron chi connectivity index (χ4n) is 5.17. The second kappa shape index (κ2) is 6.39. The van der Waals surface area contributed by atoms with Crippen LogP contribution in [0.15, 0.2) is 12.2 Å². The molecule has 2 amide bonds. The molecule has 2 aliphatic carbocycles. The lowest BCUT2D eigenvalue weighted by atomic mass is 9.91. The van der Waals surface area contributed by atoms with Gasteiger partial charge < -0.3 is 9.80 Å². The summed E-state index contributed by atoms with van der Waals surface area (Å²) in [6.45, 7) is 1.11. The van der Waals surface area contributed by atoms with Crippen molar-refractivity contribution in [3.05, 3.63) is 29.1 Å². The van der Waals surface area contributed by atoms with E-state index >= 15 is 0 Å². The molecule has 2 fully saturated rings. The predicted molar refractivity (Wildman–Crippen MR) is 96.6 cm³/mol. The molecular formula is C20H24F2N4O2. The first-order valence-electron chi connectivity index (χ1n) is 10.1. The number of carbonyl (C=O) groups is 2. The molecule has 0 aromatic carbocycles. The lowest BCUT2D eigenvalue weighted by Gasteiger charge is -2.32. The standard InChI is InChI=1S/C20H24F2N4O2/c21-20(22)4-7-25(8-5-20)19(28)17-14-3-6-26(11-16(14)23-24-17)18(27)15-10-12-1-2-13(15)9-12/h1-2,12-13,15H,3-11H2,(H,23,24)/t12-,13+,15+/m1/s1. The maximum atomic E-state index is 13.4. The summed E-state index contributed by atoms with van der Waals surface area (Å²) in [6.07, 6.45) is 6.41. The van der Waals surface area contributed by atoms with E-state index in [0.29, 0.717) is 37.0 Å². The molecule has 1 saturated carbocycles. The van der Waals surface area contributed by atoms with E-state index in [-0.39, 0.29) is 43.7 Å². The van der Waals surface area contributed by atoms with Crippen LogP contribution in [0.25, 0.3) is 0 Å². The molecule has 0 spiro atoms. The number of hydrogen-bond acceptors (Lipinski definition) is 3. The fraction of sp³-hybridized carbons (Fsp3) is 0.650. The summed E-state index contributed by atoms with van der Waals surface area (Å²) in [5.74, 6) is -1.77. The molecular weight excluding hydrogens is 366 g/mol. The van der Waals surface area contributed by atoms with E-state index in [1.165, 1.54) is 4.90 Å². The van der Waals surface area contributed by atoms with E-state index in [4.69, 9.17) is 0 Å². The Morgan fingerprint density at radius 2 is 1.89 bits per heavy atom. The van der Waals surface area contributed by atoms with E-state index in [1.807, 2.05) is 4.90 Å². The maximum Gasteiger partial charge on any atom is 0.274 e. The van der Waals surface area contributed by atoms with E-state index in [2.05, 4.69) is 22.3 Å². The normalized spacial score (nSPS) is 30.6. The van der Waals surface area contributed by atoms with Gasteiger partial charge in [-0.05, 0) is 31.1 Å². The highest BCUT2D eigenvalue weighted by atomic mass is 19.3. The van der Waals surface area contributed by atoms with Crippen molar-refractivity contribution in [2.24, 2.45) is 17.8 Å². The zero-order valence-corrected chi connectivity index (χ0v) is 15.7. The monoisotopic (exact) mass is 390 g/mol. The number of alkyl halides is 2. The first-order chi connectivity index (χ1) is 13.4. The molecule has 150 valence electrons. The summed E-state index contributed by atoms with van der Waals surface area (Å²) < 4.78 is 26.7. The fourth-order valence-corrected chi connectivity index (χ4v) is 5.17. The van der Waals surface area contributed by atoms with Gasteiger partial charge in [0.25, 0.3) is 11.8 Å². The molecule has 2 bridgehead atoms. The predicted octanol–water partition coefficient (Wildman–Crippen LogP) is 2.38. The number of fused-ring (bicyclic) bond motifs is 3. The van der Waals surface area contributed by atoms with Gasteiger partial charge in [0.15, 0.2) is 5.69 Å². The van der Waals surface area contributed by atoms with Crippen molar-refractivity contribution in [3.63, 3.8) is 0 Å². The van der Waals surface area contributed by atoms with Crippen molar-refractivity contribution in [2.75, 3.05) is 19.6 Å². The van der Waals surface area contributed by atoms with Crippen LogP contribution in [0, 0.1) is 17.8 Å². The van der Waals surface area contributed by atoms with Crippen LogP contribution in [0.5, 0.6) is 0 Å². The Hall–Kier alpha value is -2.25. The van der Waals surface area contributed by atoms with Crippen molar-refractivity contribution in [2.45, 2.75) is 44.6 Å². The Morgan fingerprint density at radius 1 is 1.11 bits per heavy atom. The first-order valence-corrected chi connectivity index (χ1v) is 10.1. The maximum absolute atomic E-state index is 13.4. The molecule has 2 aliphatic heterocycles. The van der Waals surface area contributed by atoms with Gasteiger partial charge >= 0.3 is 0 Å². The summed E-state index contributed by atoms with van der Waals surface area (Å²) in [6, 6.07) is 0. The number of nitrogens with one attached hydrogen (secondary N) is 1. The van der Waals surface area contributed by atoms with Crippen LogP contribution in [0.3, 0.4) is 0 Å². The third-order valence-electron chi connectivity index (χ3n) is 6.83.